The fourth-order valence-corrected chi connectivity index (χ4v) is 3.40. The number of fused-ring (bicyclic) bond motifs is 1. The van der Waals surface area contributed by atoms with Crippen LogP contribution in [0.2, 0.25) is 0 Å². The average molecular weight is 299 g/mol. The molecule has 5 nitrogen and oxygen atoms in total. The molecule has 114 valence electrons. The first kappa shape index (κ1) is 14.5. The minimum Gasteiger partial charge on any atom is -0.481 e. The van der Waals surface area contributed by atoms with Gasteiger partial charge in [0.05, 0.1) is 24.3 Å². The molecule has 1 N–H and O–H groups in total. The first-order valence-electron chi connectivity index (χ1n) is 7.31. The van der Waals surface area contributed by atoms with Gasteiger partial charge in [0.15, 0.2) is 0 Å². The molecule has 0 saturated carbocycles. The molecule has 2 amide bonds. The summed E-state index contributed by atoms with van der Waals surface area (Å²) in [6.07, 6.45) is 3.43. The SMILES string of the molecule is C[C@@H]1C=C[C@@H]2C(=O)N(Cc3ccccc3)C(=O)[C@H]2[C@@H]1C(=O)O. The maximum Gasteiger partial charge on any atom is 0.307 e. The summed E-state index contributed by atoms with van der Waals surface area (Å²) >= 11 is 0. The smallest absolute Gasteiger partial charge is 0.307 e. The number of rotatable bonds is 3. The van der Waals surface area contributed by atoms with Gasteiger partial charge in [-0.2, -0.15) is 0 Å². The molecule has 0 spiro atoms. The second-order valence-corrected chi connectivity index (χ2v) is 5.91. The molecule has 0 aromatic heterocycles. The molecule has 5 heteroatoms. The maximum atomic E-state index is 12.6. The Kier molecular flexibility index (Phi) is 3.56. The van der Waals surface area contributed by atoms with E-state index in [1.165, 1.54) is 4.90 Å². The summed E-state index contributed by atoms with van der Waals surface area (Å²) in [6.45, 7) is 1.96. The van der Waals surface area contributed by atoms with E-state index in [1.54, 1.807) is 19.1 Å². The summed E-state index contributed by atoms with van der Waals surface area (Å²) in [5, 5.41) is 9.42. The molecular weight excluding hydrogens is 282 g/mol. The lowest BCUT2D eigenvalue weighted by atomic mass is 9.72. The molecule has 1 aromatic rings. The molecule has 1 heterocycles. The number of allylic oxidation sites excluding steroid dienone is 1. The predicted molar refractivity (Wildman–Crippen MR) is 78.4 cm³/mol. The number of aliphatic carboxylic acids is 1. The van der Waals surface area contributed by atoms with Crippen LogP contribution < -0.4 is 0 Å². The minimum atomic E-state index is -1.02. The summed E-state index contributed by atoms with van der Waals surface area (Å²) in [6, 6.07) is 9.23. The van der Waals surface area contributed by atoms with Crippen molar-refractivity contribution < 1.29 is 19.5 Å². The third-order valence-corrected chi connectivity index (χ3v) is 4.53. The Labute approximate surface area is 128 Å². The van der Waals surface area contributed by atoms with Crippen molar-refractivity contribution in [2.75, 3.05) is 0 Å². The van der Waals surface area contributed by atoms with Crippen LogP contribution in [0, 0.1) is 23.7 Å². The van der Waals surface area contributed by atoms with Crippen molar-refractivity contribution in [1.29, 1.82) is 0 Å². The standard InChI is InChI=1S/C17H17NO4/c1-10-7-8-12-14(13(10)17(21)22)16(20)18(15(12)19)9-11-5-3-2-4-6-11/h2-8,10,12-14H,9H2,1H3,(H,21,22)/t10-,12+,13-,14-/m1/s1. The van der Waals surface area contributed by atoms with E-state index >= 15 is 0 Å². The quantitative estimate of drug-likeness (QED) is 0.681. The topological polar surface area (TPSA) is 74.7 Å². The number of likely N-dealkylation sites (tertiary alicyclic amines) is 1. The zero-order valence-electron chi connectivity index (χ0n) is 12.2. The summed E-state index contributed by atoms with van der Waals surface area (Å²) in [5.41, 5.74) is 0.853. The molecule has 3 rings (SSSR count). The summed E-state index contributed by atoms with van der Waals surface area (Å²) in [5.74, 6) is -4.22. The average Bonchev–Trinajstić information content (AvgIpc) is 2.73. The van der Waals surface area contributed by atoms with Gasteiger partial charge in [-0.15, -0.1) is 0 Å². The van der Waals surface area contributed by atoms with E-state index in [2.05, 4.69) is 0 Å². The number of carboxylic acids is 1. The predicted octanol–water partition coefficient (Wildman–Crippen LogP) is 1.69. The van der Waals surface area contributed by atoms with Gasteiger partial charge in [-0.25, -0.2) is 0 Å². The van der Waals surface area contributed by atoms with Crippen molar-refractivity contribution >= 4 is 17.8 Å². The molecule has 1 aliphatic heterocycles. The van der Waals surface area contributed by atoms with Crippen LogP contribution in [-0.2, 0) is 20.9 Å². The van der Waals surface area contributed by atoms with Gasteiger partial charge in [0.2, 0.25) is 11.8 Å². The van der Waals surface area contributed by atoms with E-state index in [0.29, 0.717) is 0 Å². The van der Waals surface area contributed by atoms with E-state index in [-0.39, 0.29) is 24.3 Å². The van der Waals surface area contributed by atoms with Crippen LogP contribution in [0.3, 0.4) is 0 Å². The van der Waals surface area contributed by atoms with Crippen molar-refractivity contribution in [3.63, 3.8) is 0 Å². The van der Waals surface area contributed by atoms with Crippen molar-refractivity contribution in [2.24, 2.45) is 23.7 Å². The number of carbonyl (C=O) groups is 3. The van der Waals surface area contributed by atoms with E-state index in [4.69, 9.17) is 0 Å². The van der Waals surface area contributed by atoms with Crippen LogP contribution in [0.1, 0.15) is 12.5 Å². The lowest BCUT2D eigenvalue weighted by Gasteiger charge is -2.28. The molecule has 2 aliphatic rings. The van der Waals surface area contributed by atoms with Crippen LogP contribution in [-0.4, -0.2) is 27.8 Å². The van der Waals surface area contributed by atoms with E-state index in [0.717, 1.165) is 5.56 Å². The first-order chi connectivity index (χ1) is 10.5. The Bertz CT molecular complexity index is 652. The van der Waals surface area contributed by atoms with E-state index < -0.39 is 23.7 Å². The van der Waals surface area contributed by atoms with Gasteiger partial charge in [0.1, 0.15) is 0 Å². The Balaban J connectivity index is 1.91. The zero-order chi connectivity index (χ0) is 15.9. The molecule has 1 aliphatic carbocycles. The van der Waals surface area contributed by atoms with Crippen molar-refractivity contribution in [1.82, 2.24) is 4.90 Å². The highest BCUT2D eigenvalue weighted by Crippen LogP contribution is 2.41. The highest BCUT2D eigenvalue weighted by molar-refractivity contribution is 6.07. The van der Waals surface area contributed by atoms with Crippen LogP contribution in [0.15, 0.2) is 42.5 Å². The fraction of sp³-hybridized carbons (Fsp3) is 0.353. The Morgan fingerprint density at radius 1 is 1.14 bits per heavy atom. The molecule has 4 atom stereocenters. The Hall–Kier alpha value is -2.43. The van der Waals surface area contributed by atoms with Crippen LogP contribution in [0.5, 0.6) is 0 Å². The number of benzene rings is 1. The highest BCUT2D eigenvalue weighted by Gasteiger charge is 2.54. The molecule has 0 bridgehead atoms. The van der Waals surface area contributed by atoms with Crippen LogP contribution in [0.4, 0.5) is 0 Å². The third kappa shape index (κ3) is 2.22. The normalized spacial score (nSPS) is 30.5. The van der Waals surface area contributed by atoms with Gasteiger partial charge in [-0.1, -0.05) is 49.4 Å². The Morgan fingerprint density at radius 2 is 1.82 bits per heavy atom. The molecule has 22 heavy (non-hydrogen) atoms. The van der Waals surface area contributed by atoms with Crippen molar-refractivity contribution in [3.05, 3.63) is 48.0 Å². The fourth-order valence-electron chi connectivity index (χ4n) is 3.40. The third-order valence-electron chi connectivity index (χ3n) is 4.53. The van der Waals surface area contributed by atoms with E-state index in [1.807, 2.05) is 30.3 Å². The lowest BCUT2D eigenvalue weighted by molar-refractivity contribution is -0.150. The van der Waals surface area contributed by atoms with Gasteiger partial charge < -0.3 is 5.11 Å². The summed E-state index contributed by atoms with van der Waals surface area (Å²) in [4.78, 5) is 37.8. The number of amides is 2. The summed E-state index contributed by atoms with van der Waals surface area (Å²) in [7, 11) is 0. The number of hydrogen-bond acceptors (Lipinski definition) is 3. The van der Waals surface area contributed by atoms with Crippen LogP contribution >= 0.6 is 0 Å². The molecule has 0 radical (unpaired) electrons. The van der Waals surface area contributed by atoms with Gasteiger partial charge in [0.25, 0.3) is 0 Å². The van der Waals surface area contributed by atoms with Crippen LogP contribution in [0.25, 0.3) is 0 Å². The number of nitrogens with zero attached hydrogens (tertiary/aromatic N) is 1. The molecule has 1 saturated heterocycles. The van der Waals surface area contributed by atoms with E-state index in [9.17, 15) is 19.5 Å². The zero-order valence-corrected chi connectivity index (χ0v) is 12.2. The Morgan fingerprint density at radius 3 is 2.45 bits per heavy atom. The molecule has 1 aromatic carbocycles. The van der Waals surface area contributed by atoms with Gasteiger partial charge >= 0.3 is 5.97 Å². The maximum absolute atomic E-state index is 12.6. The summed E-state index contributed by atoms with van der Waals surface area (Å²) < 4.78 is 0. The number of imide groups is 1. The van der Waals surface area contributed by atoms with Crippen molar-refractivity contribution in [2.45, 2.75) is 13.5 Å². The molecule has 0 unspecified atom stereocenters. The minimum absolute atomic E-state index is 0.195. The number of carboxylic acid groups (broad SMARTS) is 1. The van der Waals surface area contributed by atoms with Gasteiger partial charge in [-0.05, 0) is 11.5 Å². The highest BCUT2D eigenvalue weighted by atomic mass is 16.4. The lowest BCUT2D eigenvalue weighted by Crippen LogP contribution is -2.38. The number of hydrogen-bond donors (Lipinski definition) is 1. The number of carbonyl (C=O) groups excluding carboxylic acids is 2. The van der Waals surface area contributed by atoms with Crippen molar-refractivity contribution in [3.8, 4) is 0 Å². The molecule has 1 fully saturated rings. The monoisotopic (exact) mass is 299 g/mol. The molecular formula is C17H17NO4. The second-order valence-electron chi connectivity index (χ2n) is 5.91. The van der Waals surface area contributed by atoms with Gasteiger partial charge in [-0.3, -0.25) is 19.3 Å². The van der Waals surface area contributed by atoms with Gasteiger partial charge in [0, 0.05) is 0 Å². The second kappa shape index (κ2) is 5.40. The first-order valence-corrected chi connectivity index (χ1v) is 7.31. The largest absolute Gasteiger partial charge is 0.481 e.